The zero-order valence-corrected chi connectivity index (χ0v) is 16.5. The average Bonchev–Trinajstić information content (AvgIpc) is 3.53. The van der Waals surface area contributed by atoms with Crippen molar-refractivity contribution in [3.63, 3.8) is 0 Å². The highest BCUT2D eigenvalue weighted by atomic mass is 32.2. The van der Waals surface area contributed by atoms with Crippen LogP contribution in [0.2, 0.25) is 0 Å². The number of fused-ring (bicyclic) bond motifs is 1. The highest BCUT2D eigenvalue weighted by Gasteiger charge is 2.30. The van der Waals surface area contributed by atoms with E-state index in [0.717, 1.165) is 18.6 Å². The molecule has 2 aromatic carbocycles. The first kappa shape index (κ1) is 18.6. The molecule has 1 atom stereocenters. The fourth-order valence-electron chi connectivity index (χ4n) is 2.99. The first-order valence-corrected chi connectivity index (χ1v) is 10.1. The van der Waals surface area contributed by atoms with Crippen molar-refractivity contribution in [3.8, 4) is 5.75 Å². The lowest BCUT2D eigenvalue weighted by atomic mass is 10.2. The number of amides is 1. The SMILES string of the molecule is COc1ccc(NC(=O)C(C)Sc2nc3ccccc3c(=O)n2C2CC2)cc1. The van der Waals surface area contributed by atoms with Gasteiger partial charge < -0.3 is 10.1 Å². The third-order valence-corrected chi connectivity index (χ3v) is 5.76. The van der Waals surface area contributed by atoms with Gasteiger partial charge >= 0.3 is 0 Å². The molecular weight excluding hydrogens is 374 g/mol. The van der Waals surface area contributed by atoms with Crippen molar-refractivity contribution in [3.05, 3.63) is 58.9 Å². The molecule has 4 rings (SSSR count). The van der Waals surface area contributed by atoms with Gasteiger partial charge in [-0.05, 0) is 56.2 Å². The highest BCUT2D eigenvalue weighted by Crippen LogP contribution is 2.37. The topological polar surface area (TPSA) is 73.2 Å². The van der Waals surface area contributed by atoms with Gasteiger partial charge in [-0.15, -0.1) is 0 Å². The quantitative estimate of drug-likeness (QED) is 0.507. The molecule has 7 heteroatoms. The molecule has 1 aromatic heterocycles. The maximum Gasteiger partial charge on any atom is 0.262 e. The molecule has 0 aliphatic heterocycles. The lowest BCUT2D eigenvalue weighted by Gasteiger charge is -2.16. The van der Waals surface area contributed by atoms with E-state index in [-0.39, 0.29) is 17.5 Å². The molecule has 0 radical (unpaired) electrons. The number of carbonyl (C=O) groups excluding carboxylic acids is 1. The number of carbonyl (C=O) groups is 1. The summed E-state index contributed by atoms with van der Waals surface area (Å²) in [6.07, 6.45) is 1.94. The van der Waals surface area contributed by atoms with E-state index in [0.29, 0.717) is 21.7 Å². The van der Waals surface area contributed by atoms with Crippen LogP contribution < -0.4 is 15.6 Å². The third kappa shape index (κ3) is 3.75. The minimum Gasteiger partial charge on any atom is -0.497 e. The van der Waals surface area contributed by atoms with Gasteiger partial charge in [0.1, 0.15) is 5.75 Å². The van der Waals surface area contributed by atoms with E-state index in [2.05, 4.69) is 10.3 Å². The second kappa shape index (κ2) is 7.67. The number of benzene rings is 2. The molecule has 1 unspecified atom stereocenters. The van der Waals surface area contributed by atoms with Crippen LogP contribution >= 0.6 is 11.8 Å². The van der Waals surface area contributed by atoms with Gasteiger partial charge in [0.15, 0.2) is 5.16 Å². The Bertz CT molecular complexity index is 1070. The molecule has 3 aromatic rings. The van der Waals surface area contributed by atoms with E-state index in [1.54, 1.807) is 42.0 Å². The molecule has 0 saturated heterocycles. The van der Waals surface area contributed by atoms with Crippen LogP contribution in [0.1, 0.15) is 25.8 Å². The zero-order chi connectivity index (χ0) is 19.7. The Kier molecular flexibility index (Phi) is 5.09. The minimum absolute atomic E-state index is 0.0293. The van der Waals surface area contributed by atoms with Gasteiger partial charge in [0.25, 0.3) is 5.56 Å². The molecule has 1 aliphatic rings. The lowest BCUT2D eigenvalue weighted by molar-refractivity contribution is -0.115. The summed E-state index contributed by atoms with van der Waals surface area (Å²) in [4.78, 5) is 30.2. The Labute approximate surface area is 166 Å². The number of nitrogens with zero attached hydrogens (tertiary/aromatic N) is 2. The minimum atomic E-state index is -0.403. The molecule has 1 saturated carbocycles. The average molecular weight is 395 g/mol. The molecular formula is C21H21N3O3S. The monoisotopic (exact) mass is 395 g/mol. The Morgan fingerprint density at radius 1 is 1.21 bits per heavy atom. The van der Waals surface area contributed by atoms with Crippen LogP contribution in [-0.2, 0) is 4.79 Å². The predicted octanol–water partition coefficient (Wildman–Crippen LogP) is 3.86. The number of anilines is 1. The summed E-state index contributed by atoms with van der Waals surface area (Å²) >= 11 is 1.32. The smallest absolute Gasteiger partial charge is 0.262 e. The van der Waals surface area contributed by atoms with Crippen molar-refractivity contribution in [1.29, 1.82) is 0 Å². The molecule has 1 amide bonds. The van der Waals surface area contributed by atoms with Gasteiger partial charge in [0.05, 0.1) is 23.3 Å². The van der Waals surface area contributed by atoms with Crippen LogP contribution in [0.25, 0.3) is 10.9 Å². The number of ether oxygens (including phenoxy) is 1. The van der Waals surface area contributed by atoms with Crippen LogP contribution in [-0.4, -0.2) is 27.8 Å². The Balaban J connectivity index is 1.57. The van der Waals surface area contributed by atoms with E-state index in [4.69, 9.17) is 4.74 Å². The van der Waals surface area contributed by atoms with Crippen LogP contribution in [0.15, 0.2) is 58.5 Å². The van der Waals surface area contributed by atoms with Crippen molar-refractivity contribution < 1.29 is 9.53 Å². The number of para-hydroxylation sites is 1. The van der Waals surface area contributed by atoms with Gasteiger partial charge in [-0.25, -0.2) is 4.98 Å². The molecule has 28 heavy (non-hydrogen) atoms. The summed E-state index contributed by atoms with van der Waals surface area (Å²) < 4.78 is 6.89. The van der Waals surface area contributed by atoms with Crippen LogP contribution in [0.5, 0.6) is 5.75 Å². The number of thioether (sulfide) groups is 1. The Morgan fingerprint density at radius 3 is 2.61 bits per heavy atom. The standard InChI is InChI=1S/C21H21N3O3S/c1-13(19(25)22-14-7-11-16(27-2)12-8-14)28-21-23-18-6-4-3-5-17(18)20(26)24(21)15-9-10-15/h3-8,11-13,15H,9-10H2,1-2H3,(H,22,25). The van der Waals surface area contributed by atoms with Gasteiger partial charge in [0.2, 0.25) is 5.91 Å². The van der Waals surface area contributed by atoms with Crippen molar-refractivity contribution in [2.75, 3.05) is 12.4 Å². The van der Waals surface area contributed by atoms with Crippen molar-refractivity contribution in [1.82, 2.24) is 9.55 Å². The maximum absolute atomic E-state index is 12.9. The van der Waals surface area contributed by atoms with E-state index in [1.807, 2.05) is 25.1 Å². The van der Waals surface area contributed by atoms with Crippen molar-refractivity contribution in [2.45, 2.75) is 36.2 Å². The van der Waals surface area contributed by atoms with Gasteiger partial charge in [-0.3, -0.25) is 14.2 Å². The molecule has 1 aliphatic carbocycles. The predicted molar refractivity (Wildman–Crippen MR) is 111 cm³/mol. The van der Waals surface area contributed by atoms with Crippen molar-refractivity contribution in [2.24, 2.45) is 0 Å². The van der Waals surface area contributed by atoms with Crippen LogP contribution in [0.3, 0.4) is 0 Å². The first-order valence-electron chi connectivity index (χ1n) is 9.19. The van der Waals surface area contributed by atoms with Gasteiger partial charge in [0, 0.05) is 11.7 Å². The number of hydrogen-bond donors (Lipinski definition) is 1. The number of nitrogens with one attached hydrogen (secondary N) is 1. The Morgan fingerprint density at radius 2 is 1.93 bits per heavy atom. The summed E-state index contributed by atoms with van der Waals surface area (Å²) in [5.74, 6) is 0.592. The molecule has 0 bridgehead atoms. The lowest BCUT2D eigenvalue weighted by Crippen LogP contribution is -2.26. The first-order chi connectivity index (χ1) is 13.6. The van der Waals surface area contributed by atoms with E-state index < -0.39 is 5.25 Å². The summed E-state index contributed by atoms with van der Waals surface area (Å²) in [5.41, 5.74) is 1.33. The zero-order valence-electron chi connectivity index (χ0n) is 15.7. The summed E-state index contributed by atoms with van der Waals surface area (Å²) in [7, 11) is 1.60. The molecule has 144 valence electrons. The molecule has 1 N–H and O–H groups in total. The van der Waals surface area contributed by atoms with Crippen LogP contribution in [0, 0.1) is 0 Å². The summed E-state index contributed by atoms with van der Waals surface area (Å²) in [5, 5.41) is 3.72. The maximum atomic E-state index is 12.9. The largest absolute Gasteiger partial charge is 0.497 e. The number of aromatic nitrogens is 2. The fourth-order valence-corrected chi connectivity index (χ4v) is 3.97. The van der Waals surface area contributed by atoms with Gasteiger partial charge in [-0.1, -0.05) is 23.9 Å². The normalized spacial score (nSPS) is 14.6. The highest BCUT2D eigenvalue weighted by molar-refractivity contribution is 8.00. The molecule has 1 fully saturated rings. The fraction of sp³-hybridized carbons (Fsp3) is 0.286. The molecule has 1 heterocycles. The van der Waals surface area contributed by atoms with Gasteiger partial charge in [-0.2, -0.15) is 0 Å². The summed E-state index contributed by atoms with van der Waals surface area (Å²) in [6.45, 7) is 1.82. The molecule has 6 nitrogen and oxygen atoms in total. The van der Waals surface area contributed by atoms with E-state index in [9.17, 15) is 9.59 Å². The molecule has 0 spiro atoms. The second-order valence-corrected chi connectivity index (χ2v) is 8.10. The number of methoxy groups -OCH3 is 1. The number of hydrogen-bond acceptors (Lipinski definition) is 5. The van der Waals surface area contributed by atoms with Crippen molar-refractivity contribution >= 4 is 34.3 Å². The second-order valence-electron chi connectivity index (χ2n) is 6.80. The third-order valence-electron chi connectivity index (χ3n) is 4.70. The Hall–Kier alpha value is -2.80. The van der Waals surface area contributed by atoms with E-state index >= 15 is 0 Å². The van der Waals surface area contributed by atoms with Crippen LogP contribution in [0.4, 0.5) is 5.69 Å². The number of rotatable bonds is 6. The van der Waals surface area contributed by atoms with E-state index in [1.165, 1.54) is 11.8 Å². The summed E-state index contributed by atoms with van der Waals surface area (Å²) in [6, 6.07) is 14.7.